The van der Waals surface area contributed by atoms with Gasteiger partial charge in [0, 0.05) is 5.69 Å². The Morgan fingerprint density at radius 3 is 2.39 bits per heavy atom. The second kappa shape index (κ2) is 9.12. The summed E-state index contributed by atoms with van der Waals surface area (Å²) in [5.74, 6) is 0. The van der Waals surface area contributed by atoms with Gasteiger partial charge in [0.1, 0.15) is 0 Å². The molecule has 0 saturated carbocycles. The lowest BCUT2D eigenvalue weighted by molar-refractivity contribution is 0.608. The van der Waals surface area contributed by atoms with Crippen LogP contribution in [-0.2, 0) is 0 Å². The molecule has 0 radical (unpaired) electrons. The minimum absolute atomic E-state index is 1.16. The maximum absolute atomic E-state index is 3.85. The Morgan fingerprint density at radius 1 is 0.957 bits per heavy atom. The predicted octanol–water partition coefficient (Wildman–Crippen LogP) is 6.85. The summed E-state index contributed by atoms with van der Waals surface area (Å²) < 4.78 is 0. The Kier molecular flexibility index (Phi) is 7.16. The van der Waals surface area contributed by atoms with Crippen LogP contribution in [-0.4, -0.2) is 8.24 Å². The van der Waals surface area contributed by atoms with Crippen molar-refractivity contribution in [1.29, 1.82) is 0 Å². The van der Waals surface area contributed by atoms with Gasteiger partial charge in [0.2, 0.25) is 0 Å². The van der Waals surface area contributed by atoms with Crippen LogP contribution in [0.1, 0.15) is 58.3 Å². The average molecular weight is 328 g/mol. The molecule has 126 valence electrons. The van der Waals surface area contributed by atoms with Crippen LogP contribution < -0.4 is 4.98 Å². The van der Waals surface area contributed by atoms with Crippen molar-refractivity contribution in [3.05, 3.63) is 53.3 Å². The zero-order valence-electron chi connectivity index (χ0n) is 15.2. The molecule has 0 fully saturated rings. The molecule has 0 unspecified atom stereocenters. The number of unbranched alkanes of at least 4 members (excludes halogenated alkanes) is 5. The molecule has 0 aromatic heterocycles. The molecular weight excluding hydrogens is 294 g/mol. The number of nitrogens with one attached hydrogen (secondary N) is 1. The van der Waals surface area contributed by atoms with Crippen LogP contribution in [0.5, 0.6) is 0 Å². The topological polar surface area (TPSA) is 12.0 Å². The molecule has 1 nitrogen and oxygen atoms in total. The molecule has 0 amide bonds. The lowest BCUT2D eigenvalue weighted by Crippen LogP contribution is -2.39. The molecule has 1 N–H and O–H groups in total. The Labute approximate surface area is 144 Å². The monoisotopic (exact) mass is 327 g/mol. The van der Waals surface area contributed by atoms with E-state index in [2.05, 4.69) is 67.5 Å². The van der Waals surface area contributed by atoms with Crippen molar-refractivity contribution in [2.45, 2.75) is 71.4 Å². The third-order valence-corrected chi connectivity index (χ3v) is 7.76. The Bertz CT molecular complexity index is 528. The standard InChI is InChI=1S/C21H33NSi/c1-4-5-6-7-8-10-14-19-15-13-18-21(19)23(2,3)22-20-16-11-9-12-17-20/h9,11-13,15-17,22H,4-8,10,14,18H2,1-3H3. The fourth-order valence-corrected chi connectivity index (χ4v) is 6.17. The number of benzene rings is 1. The number of hydrogen-bond acceptors (Lipinski definition) is 1. The molecule has 1 aliphatic rings. The summed E-state index contributed by atoms with van der Waals surface area (Å²) in [5.41, 5.74) is 2.89. The van der Waals surface area contributed by atoms with E-state index in [1.165, 1.54) is 50.6 Å². The van der Waals surface area contributed by atoms with Crippen LogP contribution in [0.25, 0.3) is 0 Å². The van der Waals surface area contributed by atoms with E-state index in [0.29, 0.717) is 0 Å². The number of hydrogen-bond donors (Lipinski definition) is 1. The highest BCUT2D eigenvalue weighted by Gasteiger charge is 2.29. The van der Waals surface area contributed by atoms with Crippen molar-refractivity contribution in [3.8, 4) is 0 Å². The first kappa shape index (κ1) is 18.1. The predicted molar refractivity (Wildman–Crippen MR) is 106 cm³/mol. The van der Waals surface area contributed by atoms with Crippen LogP contribution in [0.4, 0.5) is 5.69 Å². The van der Waals surface area contributed by atoms with Gasteiger partial charge in [-0.1, -0.05) is 80.1 Å². The van der Waals surface area contributed by atoms with E-state index < -0.39 is 8.24 Å². The molecule has 23 heavy (non-hydrogen) atoms. The third kappa shape index (κ3) is 5.69. The molecule has 0 spiro atoms. The second-order valence-corrected chi connectivity index (χ2v) is 11.3. The molecule has 1 aromatic carbocycles. The molecule has 1 aliphatic carbocycles. The van der Waals surface area contributed by atoms with Gasteiger partial charge in [0.25, 0.3) is 0 Å². The Morgan fingerprint density at radius 2 is 1.65 bits per heavy atom. The first-order valence-electron chi connectivity index (χ1n) is 9.36. The Balaban J connectivity index is 1.90. The van der Waals surface area contributed by atoms with Gasteiger partial charge in [-0.15, -0.1) is 0 Å². The van der Waals surface area contributed by atoms with Crippen molar-refractivity contribution in [1.82, 2.24) is 0 Å². The summed E-state index contributed by atoms with van der Waals surface area (Å²) in [7, 11) is -1.59. The van der Waals surface area contributed by atoms with Gasteiger partial charge >= 0.3 is 0 Å². The smallest absolute Gasteiger partial charge is 0.175 e. The van der Waals surface area contributed by atoms with E-state index in [4.69, 9.17) is 0 Å². The third-order valence-electron chi connectivity index (χ3n) is 4.81. The zero-order valence-corrected chi connectivity index (χ0v) is 16.2. The van der Waals surface area contributed by atoms with Crippen LogP contribution >= 0.6 is 0 Å². The van der Waals surface area contributed by atoms with Gasteiger partial charge in [-0.3, -0.25) is 0 Å². The summed E-state index contributed by atoms with van der Waals surface area (Å²) in [4.78, 5) is 3.85. The molecule has 0 heterocycles. The van der Waals surface area contributed by atoms with Gasteiger partial charge in [-0.2, -0.15) is 0 Å². The summed E-state index contributed by atoms with van der Waals surface area (Å²) in [6, 6.07) is 10.7. The molecule has 2 rings (SSSR count). The lowest BCUT2D eigenvalue weighted by Gasteiger charge is -2.28. The van der Waals surface area contributed by atoms with Gasteiger partial charge in [-0.05, 0) is 44.5 Å². The maximum atomic E-state index is 3.85. The summed E-state index contributed by atoms with van der Waals surface area (Å²) in [5, 5.41) is 1.70. The fraction of sp³-hybridized carbons (Fsp3) is 0.524. The molecule has 0 saturated heterocycles. The quantitative estimate of drug-likeness (QED) is 0.366. The zero-order chi connectivity index (χ0) is 16.5. The second-order valence-electron chi connectivity index (χ2n) is 7.24. The van der Waals surface area contributed by atoms with Crippen LogP contribution in [0.15, 0.2) is 53.3 Å². The summed E-state index contributed by atoms with van der Waals surface area (Å²) >= 11 is 0. The number of para-hydroxylation sites is 1. The maximum Gasteiger partial charge on any atom is 0.175 e. The minimum Gasteiger partial charge on any atom is -0.407 e. The summed E-state index contributed by atoms with van der Waals surface area (Å²) in [6.45, 7) is 7.18. The van der Waals surface area contributed by atoms with E-state index in [9.17, 15) is 0 Å². The number of anilines is 1. The minimum atomic E-state index is -1.59. The first-order chi connectivity index (χ1) is 11.1. The molecule has 0 aliphatic heterocycles. The van der Waals surface area contributed by atoms with Crippen LogP contribution in [0.2, 0.25) is 13.1 Å². The van der Waals surface area contributed by atoms with Gasteiger partial charge in [0.05, 0.1) is 0 Å². The van der Waals surface area contributed by atoms with E-state index >= 15 is 0 Å². The highest BCUT2D eigenvalue weighted by atomic mass is 28.3. The largest absolute Gasteiger partial charge is 0.407 e. The van der Waals surface area contributed by atoms with E-state index in [1.807, 2.05) is 0 Å². The Hall–Kier alpha value is -1.28. The molecule has 1 aromatic rings. The van der Waals surface area contributed by atoms with Gasteiger partial charge in [0.15, 0.2) is 8.24 Å². The van der Waals surface area contributed by atoms with Crippen LogP contribution in [0.3, 0.4) is 0 Å². The van der Waals surface area contributed by atoms with E-state index in [1.54, 1.807) is 10.8 Å². The normalized spacial score (nSPS) is 14.6. The van der Waals surface area contributed by atoms with Gasteiger partial charge < -0.3 is 4.98 Å². The lowest BCUT2D eigenvalue weighted by atomic mass is 10.1. The molecular formula is C21H33NSi. The molecule has 2 heteroatoms. The fourth-order valence-electron chi connectivity index (χ4n) is 3.50. The highest BCUT2D eigenvalue weighted by molar-refractivity contribution is 6.87. The van der Waals surface area contributed by atoms with Crippen molar-refractivity contribution in [2.24, 2.45) is 0 Å². The molecule has 0 bridgehead atoms. The van der Waals surface area contributed by atoms with Crippen molar-refractivity contribution < 1.29 is 0 Å². The summed E-state index contributed by atoms with van der Waals surface area (Å²) in [6.07, 6.45) is 15.5. The molecule has 0 atom stereocenters. The highest BCUT2D eigenvalue weighted by Crippen LogP contribution is 2.32. The first-order valence-corrected chi connectivity index (χ1v) is 12.4. The van der Waals surface area contributed by atoms with Crippen LogP contribution in [0, 0.1) is 0 Å². The average Bonchev–Trinajstić information content (AvgIpc) is 3.01. The van der Waals surface area contributed by atoms with Crippen molar-refractivity contribution >= 4 is 13.9 Å². The van der Waals surface area contributed by atoms with E-state index in [0.717, 1.165) is 6.42 Å². The van der Waals surface area contributed by atoms with Gasteiger partial charge in [-0.25, -0.2) is 0 Å². The van der Waals surface area contributed by atoms with Crippen molar-refractivity contribution in [2.75, 3.05) is 4.98 Å². The van der Waals surface area contributed by atoms with E-state index in [-0.39, 0.29) is 0 Å². The van der Waals surface area contributed by atoms with Crippen molar-refractivity contribution in [3.63, 3.8) is 0 Å². The number of rotatable bonds is 10. The number of allylic oxidation sites excluding steroid dienone is 4. The SMILES string of the molecule is CCCCCCCCC1=C([Si](C)(C)Nc2ccccc2)CC=C1.